The molecule has 0 saturated carbocycles. The van der Waals surface area contributed by atoms with E-state index in [1.54, 1.807) is 13.3 Å². The molecule has 0 spiro atoms. The van der Waals surface area contributed by atoms with Crippen LogP contribution in [0.1, 0.15) is 35.9 Å². The molecular weight excluding hydrogens is 391 g/mol. The van der Waals surface area contributed by atoms with E-state index < -0.39 is 27.1 Å². The summed E-state index contributed by atoms with van der Waals surface area (Å²) in [6, 6.07) is 10.0. The van der Waals surface area contributed by atoms with Crippen molar-refractivity contribution in [2.75, 3.05) is 19.8 Å². The zero-order valence-corrected chi connectivity index (χ0v) is 16.5. The molecule has 1 heterocycles. The maximum absolute atomic E-state index is 11.8. The Morgan fingerprint density at radius 1 is 1.21 bits per heavy atom. The Bertz CT molecular complexity index is 758. The predicted molar refractivity (Wildman–Crippen MR) is 99.5 cm³/mol. The number of aromatic nitrogens is 2. The number of hydrogen-bond donors (Lipinski definition) is 4. The smallest absolute Gasteiger partial charge is 0.461 e. The molecule has 0 amide bonds. The third-order valence-corrected chi connectivity index (χ3v) is 4.12. The normalized spacial score (nSPS) is 12.2. The molecule has 1 unspecified atom stereocenters. The highest BCUT2D eigenvalue weighted by Crippen LogP contribution is 2.37. The van der Waals surface area contributed by atoms with Crippen LogP contribution in [0.5, 0.6) is 0 Å². The molecule has 1 atom stereocenters. The number of phosphoric acid groups is 1. The SMILES string of the molecule is CCOC(=O)c1cncn1C(C)c1ccccc1.O=P(O)(O)OC(CO)CO. The van der Waals surface area contributed by atoms with Crippen molar-refractivity contribution in [3.63, 3.8) is 0 Å². The zero-order chi connectivity index (χ0) is 21.2. The van der Waals surface area contributed by atoms with Gasteiger partial charge >= 0.3 is 13.8 Å². The maximum Gasteiger partial charge on any atom is 0.470 e. The van der Waals surface area contributed by atoms with Crippen LogP contribution in [-0.4, -0.2) is 61.4 Å². The topological polar surface area (TPSA) is 151 Å². The fourth-order valence-electron chi connectivity index (χ4n) is 2.19. The van der Waals surface area contributed by atoms with Crippen LogP contribution in [0.25, 0.3) is 0 Å². The summed E-state index contributed by atoms with van der Waals surface area (Å²) in [6.45, 7) is 2.94. The summed E-state index contributed by atoms with van der Waals surface area (Å²) >= 11 is 0. The summed E-state index contributed by atoms with van der Waals surface area (Å²) in [4.78, 5) is 32.0. The van der Waals surface area contributed by atoms with Gasteiger partial charge in [0.05, 0.1) is 38.4 Å². The molecule has 10 nitrogen and oxygen atoms in total. The van der Waals surface area contributed by atoms with Gasteiger partial charge in [-0.3, -0.25) is 4.52 Å². The predicted octanol–water partition coefficient (Wildman–Crippen LogP) is 1.12. The summed E-state index contributed by atoms with van der Waals surface area (Å²) in [5.41, 5.74) is 1.61. The van der Waals surface area contributed by atoms with Crippen LogP contribution < -0.4 is 0 Å². The number of carbonyl (C=O) groups excluding carboxylic acids is 1. The van der Waals surface area contributed by atoms with E-state index in [2.05, 4.69) is 9.51 Å². The third kappa shape index (κ3) is 7.89. The molecule has 28 heavy (non-hydrogen) atoms. The Morgan fingerprint density at radius 2 is 1.82 bits per heavy atom. The van der Waals surface area contributed by atoms with Crippen molar-refractivity contribution in [2.45, 2.75) is 26.0 Å². The molecule has 4 N–H and O–H groups in total. The van der Waals surface area contributed by atoms with E-state index in [0.29, 0.717) is 12.3 Å². The molecule has 2 rings (SSSR count). The summed E-state index contributed by atoms with van der Waals surface area (Å²) in [6.07, 6.45) is 1.99. The molecule has 0 aliphatic rings. The maximum atomic E-state index is 11.8. The van der Waals surface area contributed by atoms with Crippen LogP contribution in [0.15, 0.2) is 42.9 Å². The summed E-state index contributed by atoms with van der Waals surface area (Å²) in [5, 5.41) is 16.5. The van der Waals surface area contributed by atoms with Crippen molar-refractivity contribution in [3.8, 4) is 0 Å². The average Bonchev–Trinajstić information content (AvgIpc) is 3.16. The number of ether oxygens (including phenoxy) is 1. The molecule has 1 aromatic heterocycles. The summed E-state index contributed by atoms with van der Waals surface area (Å²) < 4.78 is 20.8. The molecule has 0 aliphatic heterocycles. The van der Waals surface area contributed by atoms with E-state index in [1.807, 2.05) is 41.8 Å². The highest BCUT2D eigenvalue weighted by molar-refractivity contribution is 7.46. The van der Waals surface area contributed by atoms with Gasteiger partial charge in [0.1, 0.15) is 11.8 Å². The zero-order valence-electron chi connectivity index (χ0n) is 15.6. The number of phosphoric ester groups is 1. The van der Waals surface area contributed by atoms with Gasteiger partial charge in [-0.15, -0.1) is 0 Å². The van der Waals surface area contributed by atoms with Crippen molar-refractivity contribution in [3.05, 3.63) is 54.1 Å². The quantitative estimate of drug-likeness (QED) is 0.366. The van der Waals surface area contributed by atoms with Crippen molar-refractivity contribution in [2.24, 2.45) is 0 Å². The molecule has 2 aromatic rings. The van der Waals surface area contributed by atoms with Gasteiger partial charge < -0.3 is 29.3 Å². The van der Waals surface area contributed by atoms with Gasteiger partial charge in [0.25, 0.3) is 0 Å². The molecule has 0 bridgehead atoms. The van der Waals surface area contributed by atoms with Crippen LogP contribution in [0.3, 0.4) is 0 Å². The summed E-state index contributed by atoms with van der Waals surface area (Å²) in [7, 11) is -4.57. The van der Waals surface area contributed by atoms with Gasteiger partial charge in [-0.1, -0.05) is 30.3 Å². The first-order valence-corrected chi connectivity index (χ1v) is 9.96. The van der Waals surface area contributed by atoms with E-state index >= 15 is 0 Å². The molecule has 0 radical (unpaired) electrons. The van der Waals surface area contributed by atoms with Gasteiger partial charge in [0, 0.05) is 0 Å². The highest BCUT2D eigenvalue weighted by Gasteiger charge is 2.20. The second kappa shape index (κ2) is 11.7. The number of carbonyl (C=O) groups is 1. The fraction of sp³-hybridized carbons (Fsp3) is 0.412. The number of aliphatic hydroxyl groups is 2. The second-order valence-electron chi connectivity index (χ2n) is 5.58. The lowest BCUT2D eigenvalue weighted by atomic mass is 10.1. The Labute approximate surface area is 162 Å². The Kier molecular flexibility index (Phi) is 10.0. The van der Waals surface area contributed by atoms with E-state index in [-0.39, 0.29) is 12.0 Å². The van der Waals surface area contributed by atoms with E-state index in [9.17, 15) is 9.36 Å². The first kappa shape index (κ1) is 24.0. The van der Waals surface area contributed by atoms with Crippen molar-refractivity contribution in [1.82, 2.24) is 9.55 Å². The Balaban J connectivity index is 0.000000336. The number of imidazole rings is 1. The van der Waals surface area contributed by atoms with Crippen LogP contribution in [0, 0.1) is 0 Å². The minimum atomic E-state index is -4.57. The molecule has 0 fully saturated rings. The first-order valence-electron chi connectivity index (χ1n) is 8.43. The minimum absolute atomic E-state index is 0.0492. The number of hydrogen-bond acceptors (Lipinski definition) is 7. The Morgan fingerprint density at radius 3 is 2.29 bits per heavy atom. The van der Waals surface area contributed by atoms with Crippen LogP contribution in [0.4, 0.5) is 0 Å². The van der Waals surface area contributed by atoms with Crippen molar-refractivity contribution < 1.29 is 38.6 Å². The lowest BCUT2D eigenvalue weighted by Crippen LogP contribution is -2.20. The largest absolute Gasteiger partial charge is 0.470 e. The van der Waals surface area contributed by atoms with E-state index in [1.165, 1.54) is 6.20 Å². The number of rotatable bonds is 8. The lowest BCUT2D eigenvalue weighted by Gasteiger charge is -2.16. The number of aliphatic hydroxyl groups excluding tert-OH is 2. The minimum Gasteiger partial charge on any atom is -0.461 e. The van der Waals surface area contributed by atoms with Crippen molar-refractivity contribution >= 4 is 13.8 Å². The van der Waals surface area contributed by atoms with Crippen LogP contribution in [-0.2, 0) is 13.8 Å². The van der Waals surface area contributed by atoms with Gasteiger partial charge in [0.15, 0.2) is 0 Å². The fourth-order valence-corrected chi connectivity index (χ4v) is 2.71. The Hall–Kier alpha value is -2.07. The highest BCUT2D eigenvalue weighted by atomic mass is 31.2. The van der Waals surface area contributed by atoms with Gasteiger partial charge in [-0.2, -0.15) is 0 Å². The summed E-state index contributed by atoms with van der Waals surface area (Å²) in [5.74, 6) is -0.335. The average molecular weight is 416 g/mol. The van der Waals surface area contributed by atoms with Gasteiger partial charge in [-0.05, 0) is 19.4 Å². The van der Waals surface area contributed by atoms with Gasteiger partial charge in [0.2, 0.25) is 0 Å². The monoisotopic (exact) mass is 416 g/mol. The van der Waals surface area contributed by atoms with Crippen LogP contribution >= 0.6 is 7.82 Å². The van der Waals surface area contributed by atoms with Crippen molar-refractivity contribution in [1.29, 1.82) is 0 Å². The standard InChI is InChI=1S/C14H16N2O2.C3H9O6P/c1-3-18-14(17)13-9-15-10-16(13)11(2)12-7-5-4-6-8-12;4-1-3(2-5)9-10(6,7)8/h4-11H,3H2,1-2H3;3-5H,1-2H2,(H2,6,7,8). The molecule has 0 aliphatic carbocycles. The molecular formula is C17H25N2O8P. The van der Waals surface area contributed by atoms with Crippen LogP contribution in [0.2, 0.25) is 0 Å². The van der Waals surface area contributed by atoms with Gasteiger partial charge in [-0.25, -0.2) is 14.3 Å². The molecule has 0 saturated heterocycles. The second-order valence-corrected chi connectivity index (χ2v) is 6.77. The molecule has 1 aromatic carbocycles. The number of esters is 1. The van der Waals surface area contributed by atoms with E-state index in [0.717, 1.165) is 5.56 Å². The lowest BCUT2D eigenvalue weighted by molar-refractivity contribution is 0.0391. The first-order chi connectivity index (χ1) is 13.2. The number of benzene rings is 1. The molecule has 11 heteroatoms. The third-order valence-electron chi connectivity index (χ3n) is 3.54. The molecule has 156 valence electrons. The van der Waals surface area contributed by atoms with E-state index in [4.69, 9.17) is 24.7 Å². The number of nitrogens with zero attached hydrogens (tertiary/aromatic N) is 2.